The molecule has 0 aliphatic carbocycles. The number of nitrogens with zero attached hydrogens (tertiary/aromatic N) is 2. The summed E-state index contributed by atoms with van der Waals surface area (Å²) in [5.41, 5.74) is 0.421. The van der Waals surface area contributed by atoms with E-state index >= 15 is 0 Å². The number of nitrogens with one attached hydrogen (secondary N) is 1. The number of amides is 1. The minimum Gasteiger partial charge on any atom is -0.438 e. The summed E-state index contributed by atoms with van der Waals surface area (Å²) in [7, 11) is 0. The van der Waals surface area contributed by atoms with E-state index in [0.29, 0.717) is 11.4 Å². The highest BCUT2D eigenvalue weighted by molar-refractivity contribution is 6.32. The van der Waals surface area contributed by atoms with Gasteiger partial charge in [-0.25, -0.2) is 9.97 Å². The van der Waals surface area contributed by atoms with Crippen LogP contribution in [0.5, 0.6) is 0 Å². The predicted octanol–water partition coefficient (Wildman–Crippen LogP) is 2.28. The van der Waals surface area contributed by atoms with Gasteiger partial charge in [-0.1, -0.05) is 11.6 Å². The van der Waals surface area contributed by atoms with Crippen molar-refractivity contribution in [3.63, 3.8) is 0 Å². The zero-order chi connectivity index (χ0) is 11.5. The number of anilines is 1. The highest BCUT2D eigenvalue weighted by atomic mass is 35.5. The molecule has 2 aromatic heterocycles. The van der Waals surface area contributed by atoms with Gasteiger partial charge in [-0.2, -0.15) is 0 Å². The van der Waals surface area contributed by atoms with Gasteiger partial charge >= 0.3 is 5.91 Å². The number of oxazole rings is 1. The minimum absolute atomic E-state index is 0.00239. The molecule has 0 saturated carbocycles. The second kappa shape index (κ2) is 4.32. The summed E-state index contributed by atoms with van der Waals surface area (Å²) in [6.45, 7) is 1.71. The molecule has 0 atom stereocenters. The maximum atomic E-state index is 11.6. The number of aryl methyl sites for hydroxylation is 1. The first-order valence-electron chi connectivity index (χ1n) is 4.51. The Labute approximate surface area is 96.5 Å². The molecule has 1 N–H and O–H groups in total. The fraction of sp³-hybridized carbons (Fsp3) is 0.100. The molecule has 0 aromatic carbocycles. The van der Waals surface area contributed by atoms with Crippen LogP contribution in [-0.4, -0.2) is 15.9 Å². The Kier molecular flexibility index (Phi) is 2.87. The lowest BCUT2D eigenvalue weighted by Gasteiger charge is -2.02. The Morgan fingerprint density at radius 2 is 2.31 bits per heavy atom. The Bertz CT molecular complexity index is 524. The van der Waals surface area contributed by atoms with E-state index in [4.69, 9.17) is 16.0 Å². The van der Waals surface area contributed by atoms with Gasteiger partial charge in [-0.15, -0.1) is 0 Å². The molecule has 0 bridgehead atoms. The van der Waals surface area contributed by atoms with Crippen LogP contribution in [0, 0.1) is 6.92 Å². The van der Waals surface area contributed by atoms with Gasteiger partial charge in [0.2, 0.25) is 0 Å². The first kappa shape index (κ1) is 10.6. The second-order valence-corrected chi connectivity index (χ2v) is 3.43. The normalized spacial score (nSPS) is 10.1. The monoisotopic (exact) mass is 237 g/mol. The third-order valence-electron chi connectivity index (χ3n) is 1.82. The van der Waals surface area contributed by atoms with Crippen molar-refractivity contribution in [1.29, 1.82) is 0 Å². The van der Waals surface area contributed by atoms with E-state index in [2.05, 4.69) is 15.3 Å². The summed E-state index contributed by atoms with van der Waals surface area (Å²) >= 11 is 5.78. The van der Waals surface area contributed by atoms with E-state index in [9.17, 15) is 4.79 Å². The Hall–Kier alpha value is -1.88. The summed E-state index contributed by atoms with van der Waals surface area (Å²) in [6, 6.07) is 3.31. The lowest BCUT2D eigenvalue weighted by molar-refractivity contribution is 0.0989. The highest BCUT2D eigenvalue weighted by Gasteiger charge is 2.13. The smallest absolute Gasteiger partial charge is 0.311 e. The van der Waals surface area contributed by atoms with Gasteiger partial charge in [0.05, 0.1) is 11.9 Å². The summed E-state index contributed by atoms with van der Waals surface area (Å²) < 4.78 is 5.07. The first-order chi connectivity index (χ1) is 7.66. The molecule has 2 rings (SSSR count). The van der Waals surface area contributed by atoms with Crippen LogP contribution in [0.2, 0.25) is 5.15 Å². The van der Waals surface area contributed by atoms with E-state index < -0.39 is 5.91 Å². The molecular weight excluding hydrogens is 230 g/mol. The molecule has 0 radical (unpaired) electrons. The lowest BCUT2D eigenvalue weighted by atomic mass is 10.4. The third kappa shape index (κ3) is 2.20. The summed E-state index contributed by atoms with van der Waals surface area (Å²) in [4.78, 5) is 19.3. The highest BCUT2D eigenvalue weighted by Crippen LogP contribution is 2.18. The SMILES string of the molecule is Cc1cnc(C(=O)Nc2cccnc2Cl)o1. The van der Waals surface area contributed by atoms with Crippen molar-refractivity contribution < 1.29 is 9.21 Å². The van der Waals surface area contributed by atoms with Gasteiger partial charge in [0.15, 0.2) is 5.15 Å². The maximum absolute atomic E-state index is 11.6. The van der Waals surface area contributed by atoms with Crippen molar-refractivity contribution in [2.24, 2.45) is 0 Å². The minimum atomic E-state index is -0.456. The molecule has 2 heterocycles. The van der Waals surface area contributed by atoms with Crippen LogP contribution in [0.25, 0.3) is 0 Å². The molecule has 0 spiro atoms. The van der Waals surface area contributed by atoms with Gasteiger partial charge in [0.1, 0.15) is 5.76 Å². The van der Waals surface area contributed by atoms with Crippen LogP contribution < -0.4 is 5.32 Å². The summed E-state index contributed by atoms with van der Waals surface area (Å²) in [5, 5.41) is 2.77. The molecule has 82 valence electrons. The maximum Gasteiger partial charge on any atom is 0.311 e. The van der Waals surface area contributed by atoms with Gasteiger partial charge in [0, 0.05) is 6.20 Å². The molecule has 0 unspecified atom stereocenters. The van der Waals surface area contributed by atoms with Gasteiger partial charge < -0.3 is 9.73 Å². The van der Waals surface area contributed by atoms with E-state index in [1.807, 2.05) is 0 Å². The van der Waals surface area contributed by atoms with Crippen molar-refractivity contribution in [3.05, 3.63) is 41.3 Å². The largest absolute Gasteiger partial charge is 0.438 e. The molecule has 0 fully saturated rings. The fourth-order valence-electron chi connectivity index (χ4n) is 1.11. The van der Waals surface area contributed by atoms with Crippen molar-refractivity contribution in [2.45, 2.75) is 6.92 Å². The lowest BCUT2D eigenvalue weighted by Crippen LogP contribution is -2.12. The Balaban J connectivity index is 2.17. The van der Waals surface area contributed by atoms with E-state index in [-0.39, 0.29) is 11.0 Å². The van der Waals surface area contributed by atoms with E-state index in [0.717, 1.165) is 0 Å². The number of rotatable bonds is 2. The number of aromatic nitrogens is 2. The molecule has 0 saturated heterocycles. The number of carbonyl (C=O) groups excluding carboxylic acids is 1. The number of carbonyl (C=O) groups is 1. The first-order valence-corrected chi connectivity index (χ1v) is 4.89. The number of halogens is 1. The van der Waals surface area contributed by atoms with Crippen LogP contribution in [0.4, 0.5) is 5.69 Å². The van der Waals surface area contributed by atoms with Crippen molar-refractivity contribution in [2.75, 3.05) is 5.32 Å². The van der Waals surface area contributed by atoms with Crippen LogP contribution in [-0.2, 0) is 0 Å². The average molecular weight is 238 g/mol. The zero-order valence-electron chi connectivity index (χ0n) is 8.40. The standard InChI is InChI=1S/C10H8ClN3O2/c1-6-5-13-10(16-6)9(15)14-7-3-2-4-12-8(7)11/h2-5H,1H3,(H,14,15). The zero-order valence-corrected chi connectivity index (χ0v) is 9.15. The number of pyridine rings is 1. The predicted molar refractivity (Wildman–Crippen MR) is 58.4 cm³/mol. The quantitative estimate of drug-likeness (QED) is 0.814. The number of hydrogen-bond acceptors (Lipinski definition) is 4. The van der Waals surface area contributed by atoms with E-state index in [1.165, 1.54) is 12.4 Å². The summed E-state index contributed by atoms with van der Waals surface area (Å²) in [5.74, 6) is 0.114. The van der Waals surface area contributed by atoms with Crippen LogP contribution in [0.15, 0.2) is 28.9 Å². The van der Waals surface area contributed by atoms with Crippen molar-refractivity contribution in [3.8, 4) is 0 Å². The van der Waals surface area contributed by atoms with Crippen molar-refractivity contribution in [1.82, 2.24) is 9.97 Å². The molecule has 0 aliphatic heterocycles. The topological polar surface area (TPSA) is 68.0 Å². The Morgan fingerprint density at radius 1 is 1.50 bits per heavy atom. The van der Waals surface area contributed by atoms with Gasteiger partial charge in [-0.3, -0.25) is 4.79 Å². The Morgan fingerprint density at radius 3 is 2.94 bits per heavy atom. The molecule has 0 aliphatic rings. The van der Waals surface area contributed by atoms with Crippen LogP contribution >= 0.6 is 11.6 Å². The third-order valence-corrected chi connectivity index (χ3v) is 2.12. The summed E-state index contributed by atoms with van der Waals surface area (Å²) in [6.07, 6.45) is 3.01. The molecule has 1 amide bonds. The van der Waals surface area contributed by atoms with Gasteiger partial charge in [0.25, 0.3) is 5.89 Å². The average Bonchev–Trinajstić information content (AvgIpc) is 2.68. The van der Waals surface area contributed by atoms with Crippen molar-refractivity contribution >= 4 is 23.2 Å². The molecule has 16 heavy (non-hydrogen) atoms. The van der Waals surface area contributed by atoms with Crippen LogP contribution in [0.3, 0.4) is 0 Å². The molecular formula is C10H8ClN3O2. The number of hydrogen-bond donors (Lipinski definition) is 1. The van der Waals surface area contributed by atoms with Gasteiger partial charge in [-0.05, 0) is 19.1 Å². The van der Waals surface area contributed by atoms with Crippen LogP contribution in [0.1, 0.15) is 16.4 Å². The fourth-order valence-corrected chi connectivity index (χ4v) is 1.28. The molecule has 5 nitrogen and oxygen atoms in total. The molecule has 2 aromatic rings. The van der Waals surface area contributed by atoms with E-state index in [1.54, 1.807) is 19.1 Å². The molecule has 6 heteroatoms. The second-order valence-electron chi connectivity index (χ2n) is 3.07.